The van der Waals surface area contributed by atoms with Crippen molar-refractivity contribution in [3.05, 3.63) is 11.8 Å². The smallest absolute Gasteiger partial charge is 0.0622 e. The van der Waals surface area contributed by atoms with Gasteiger partial charge in [0.2, 0.25) is 0 Å². The lowest BCUT2D eigenvalue weighted by Gasteiger charge is -2.43. The predicted molar refractivity (Wildman–Crippen MR) is 92.0 cm³/mol. The molecule has 0 aromatic rings. The van der Waals surface area contributed by atoms with Gasteiger partial charge in [0.05, 0.1) is 6.17 Å². The zero-order valence-electron chi connectivity index (χ0n) is 13.5. The first-order valence-electron chi connectivity index (χ1n) is 9.01. The fourth-order valence-electron chi connectivity index (χ4n) is 3.78. The Bertz CT molecular complexity index is 250. The van der Waals surface area contributed by atoms with Gasteiger partial charge in [0.1, 0.15) is 0 Å². The summed E-state index contributed by atoms with van der Waals surface area (Å²) in [6.07, 6.45) is 14.5. The predicted octanol–water partition coefficient (Wildman–Crippen LogP) is 3.19. The Labute approximate surface area is 128 Å². The Balaban J connectivity index is 1.81. The van der Waals surface area contributed by atoms with Gasteiger partial charge in [0.15, 0.2) is 0 Å². The summed E-state index contributed by atoms with van der Waals surface area (Å²) in [5.74, 6) is 0. The van der Waals surface area contributed by atoms with E-state index in [0.29, 0.717) is 0 Å². The minimum Gasteiger partial charge on any atom is -0.288 e. The van der Waals surface area contributed by atoms with Gasteiger partial charge in [-0.15, -0.1) is 5.70 Å². The van der Waals surface area contributed by atoms with Crippen molar-refractivity contribution < 1.29 is 0 Å². The van der Waals surface area contributed by atoms with Gasteiger partial charge in [-0.1, -0.05) is 31.4 Å². The second kappa shape index (κ2) is 9.75. The van der Waals surface area contributed by atoms with Gasteiger partial charge in [-0.05, 0) is 65.2 Å². The molecule has 0 unspecified atom stereocenters. The van der Waals surface area contributed by atoms with E-state index in [1.165, 1.54) is 83.6 Å². The molecule has 0 radical (unpaired) electrons. The molecule has 2 rings (SSSR count). The summed E-state index contributed by atoms with van der Waals surface area (Å²) < 4.78 is 0. The molecule has 2 nitrogen and oxygen atoms in total. The van der Waals surface area contributed by atoms with Gasteiger partial charge in [0.25, 0.3) is 0 Å². The van der Waals surface area contributed by atoms with Gasteiger partial charge in [0, 0.05) is 9.52 Å². The van der Waals surface area contributed by atoms with Crippen LogP contribution in [-0.2, 0) is 0 Å². The Morgan fingerprint density at radius 3 is 1.95 bits per heavy atom. The highest BCUT2D eigenvalue weighted by atomic mass is 28.2. The molecular formula is C17H34N2Si. The molecular weight excluding hydrogens is 260 g/mol. The number of piperidine rings is 2. The third kappa shape index (κ3) is 5.34. The quantitative estimate of drug-likeness (QED) is 0.525. The van der Waals surface area contributed by atoms with Gasteiger partial charge in [-0.25, -0.2) is 0 Å². The van der Waals surface area contributed by atoms with Crippen molar-refractivity contribution in [2.24, 2.45) is 0 Å². The van der Waals surface area contributed by atoms with Crippen molar-refractivity contribution in [1.29, 1.82) is 0 Å². The van der Waals surface area contributed by atoms with Crippen molar-refractivity contribution >= 4 is 9.52 Å². The van der Waals surface area contributed by atoms with E-state index in [2.05, 4.69) is 28.5 Å². The highest BCUT2D eigenvalue weighted by Crippen LogP contribution is 2.22. The molecule has 2 aliphatic heterocycles. The SMILES string of the molecule is CC=C[SiH2]CCCC(N1CCCCC1)N1CCCCC1. The van der Waals surface area contributed by atoms with E-state index in [9.17, 15) is 0 Å². The Hall–Kier alpha value is -0.123. The molecule has 116 valence electrons. The number of likely N-dealkylation sites (tertiary alicyclic amines) is 2. The third-order valence-corrected chi connectivity index (χ3v) is 6.66. The minimum absolute atomic E-state index is 0.0940. The van der Waals surface area contributed by atoms with Crippen molar-refractivity contribution in [2.75, 3.05) is 26.2 Å². The van der Waals surface area contributed by atoms with Gasteiger partial charge in [-0.3, -0.25) is 9.80 Å². The molecule has 0 saturated carbocycles. The van der Waals surface area contributed by atoms with E-state index < -0.39 is 0 Å². The first-order chi connectivity index (χ1) is 9.92. The highest BCUT2D eigenvalue weighted by Gasteiger charge is 2.26. The van der Waals surface area contributed by atoms with Crippen molar-refractivity contribution in [2.45, 2.75) is 70.5 Å². The molecule has 0 spiro atoms. The molecule has 0 amide bonds. The van der Waals surface area contributed by atoms with E-state index in [-0.39, 0.29) is 9.52 Å². The summed E-state index contributed by atoms with van der Waals surface area (Å²) in [7, 11) is 0.0940. The summed E-state index contributed by atoms with van der Waals surface area (Å²) in [4.78, 5) is 5.62. The maximum atomic E-state index is 2.81. The van der Waals surface area contributed by atoms with Crippen LogP contribution < -0.4 is 0 Å². The fraction of sp³-hybridized carbons (Fsp3) is 0.882. The average Bonchev–Trinajstić information content (AvgIpc) is 2.53. The second-order valence-electron chi connectivity index (χ2n) is 6.53. The van der Waals surface area contributed by atoms with Gasteiger partial charge >= 0.3 is 0 Å². The lowest BCUT2D eigenvalue weighted by molar-refractivity contribution is 0.0115. The Morgan fingerprint density at radius 1 is 0.900 bits per heavy atom. The van der Waals surface area contributed by atoms with Crippen LogP contribution >= 0.6 is 0 Å². The summed E-state index contributed by atoms with van der Waals surface area (Å²) in [5.41, 5.74) is 2.46. The van der Waals surface area contributed by atoms with Crippen LogP contribution in [0.2, 0.25) is 6.04 Å². The van der Waals surface area contributed by atoms with E-state index in [4.69, 9.17) is 0 Å². The number of hydrogen-bond acceptors (Lipinski definition) is 2. The number of allylic oxidation sites excluding steroid dienone is 1. The summed E-state index contributed by atoms with van der Waals surface area (Å²) >= 11 is 0. The molecule has 2 heterocycles. The Morgan fingerprint density at radius 2 is 1.45 bits per heavy atom. The number of nitrogens with zero attached hydrogens (tertiary/aromatic N) is 2. The molecule has 2 aliphatic rings. The maximum Gasteiger partial charge on any atom is 0.0622 e. The molecule has 0 aromatic heterocycles. The molecule has 0 N–H and O–H groups in total. The van der Waals surface area contributed by atoms with Crippen LogP contribution in [0.1, 0.15) is 58.3 Å². The van der Waals surface area contributed by atoms with Crippen LogP contribution in [0.25, 0.3) is 0 Å². The zero-order valence-corrected chi connectivity index (χ0v) is 14.9. The van der Waals surface area contributed by atoms with E-state index in [1.807, 2.05) is 0 Å². The lowest BCUT2D eigenvalue weighted by Crippen LogP contribution is -2.51. The molecule has 0 aromatic carbocycles. The minimum atomic E-state index is 0.0940. The van der Waals surface area contributed by atoms with Crippen molar-refractivity contribution in [1.82, 2.24) is 9.80 Å². The molecule has 0 atom stereocenters. The first kappa shape index (κ1) is 16.3. The number of hydrogen-bond donors (Lipinski definition) is 0. The van der Waals surface area contributed by atoms with Crippen molar-refractivity contribution in [3.63, 3.8) is 0 Å². The molecule has 3 heteroatoms. The molecule has 2 fully saturated rings. The van der Waals surface area contributed by atoms with Crippen LogP contribution in [0.15, 0.2) is 11.8 Å². The van der Waals surface area contributed by atoms with E-state index in [0.717, 1.165) is 6.17 Å². The topological polar surface area (TPSA) is 6.48 Å². The average molecular weight is 295 g/mol. The van der Waals surface area contributed by atoms with E-state index >= 15 is 0 Å². The molecule has 0 bridgehead atoms. The van der Waals surface area contributed by atoms with Gasteiger partial charge < -0.3 is 0 Å². The standard InChI is InChI=1S/C17H34N2Si/c1-2-15-20-16-9-10-17(18-11-5-3-6-12-18)19-13-7-4-8-14-19/h2,15,17H,3-14,16,20H2,1H3. The molecule has 20 heavy (non-hydrogen) atoms. The second-order valence-corrected chi connectivity index (χ2v) is 8.28. The first-order valence-corrected chi connectivity index (χ1v) is 10.8. The fourth-order valence-corrected chi connectivity index (χ4v) is 4.93. The summed E-state index contributed by atoms with van der Waals surface area (Å²) in [5, 5.41) is 0. The normalized spacial score (nSPS) is 23.5. The highest BCUT2D eigenvalue weighted by molar-refractivity contribution is 6.41. The lowest BCUT2D eigenvalue weighted by atomic mass is 10.1. The Kier molecular flexibility index (Phi) is 7.92. The van der Waals surface area contributed by atoms with Crippen LogP contribution in [0.4, 0.5) is 0 Å². The van der Waals surface area contributed by atoms with Gasteiger partial charge in [-0.2, -0.15) is 0 Å². The molecule has 2 saturated heterocycles. The molecule has 0 aliphatic carbocycles. The summed E-state index contributed by atoms with van der Waals surface area (Å²) in [6, 6.07) is 1.50. The van der Waals surface area contributed by atoms with Crippen LogP contribution in [0, 0.1) is 0 Å². The monoisotopic (exact) mass is 294 g/mol. The van der Waals surface area contributed by atoms with Crippen LogP contribution in [-0.4, -0.2) is 51.7 Å². The van der Waals surface area contributed by atoms with E-state index in [1.54, 1.807) is 0 Å². The number of rotatable bonds is 7. The van der Waals surface area contributed by atoms with Crippen molar-refractivity contribution in [3.8, 4) is 0 Å². The summed E-state index contributed by atoms with van der Waals surface area (Å²) in [6.45, 7) is 7.58. The zero-order chi connectivity index (χ0) is 14.0. The maximum absolute atomic E-state index is 2.81. The third-order valence-electron chi connectivity index (χ3n) is 4.94. The van der Waals surface area contributed by atoms with Crippen LogP contribution in [0.5, 0.6) is 0 Å². The van der Waals surface area contributed by atoms with Crippen LogP contribution in [0.3, 0.4) is 0 Å². The largest absolute Gasteiger partial charge is 0.288 e.